The Balaban J connectivity index is 1.83. The van der Waals surface area contributed by atoms with E-state index >= 15 is 0 Å². The Morgan fingerprint density at radius 3 is 2.77 bits per heavy atom. The van der Waals surface area contributed by atoms with Crippen molar-refractivity contribution in [2.24, 2.45) is 5.92 Å². The molecule has 2 aromatic rings. The van der Waals surface area contributed by atoms with Crippen LogP contribution in [0, 0.1) is 5.92 Å². The van der Waals surface area contributed by atoms with E-state index in [1.165, 1.54) is 11.3 Å². The van der Waals surface area contributed by atoms with Crippen molar-refractivity contribution >= 4 is 39.8 Å². The lowest BCUT2D eigenvalue weighted by molar-refractivity contribution is -0.137. The van der Waals surface area contributed by atoms with E-state index in [1.54, 1.807) is 31.4 Å². The molecule has 3 N–H and O–H groups in total. The molecule has 8 heteroatoms. The van der Waals surface area contributed by atoms with Crippen molar-refractivity contribution in [2.75, 3.05) is 17.7 Å². The Morgan fingerprint density at radius 2 is 2.03 bits per heavy atom. The topological polar surface area (TPSA) is 105 Å². The molecule has 0 fully saturated rings. The first-order valence-electron chi connectivity index (χ1n) is 9.99. The van der Waals surface area contributed by atoms with Gasteiger partial charge in [0.25, 0.3) is 5.91 Å². The Hall–Kier alpha value is -2.87. The number of aliphatic carboxylic acids is 1. The van der Waals surface area contributed by atoms with Crippen LogP contribution in [0.1, 0.15) is 53.4 Å². The molecule has 0 aliphatic heterocycles. The van der Waals surface area contributed by atoms with Gasteiger partial charge in [0.1, 0.15) is 10.8 Å². The van der Waals surface area contributed by atoms with Crippen molar-refractivity contribution in [3.63, 3.8) is 0 Å². The molecule has 1 aromatic carbocycles. The summed E-state index contributed by atoms with van der Waals surface area (Å²) in [7, 11) is 1.56. The smallest absolute Gasteiger partial charge is 0.303 e. The first-order valence-corrected chi connectivity index (χ1v) is 10.8. The zero-order chi connectivity index (χ0) is 21.7. The molecule has 0 saturated carbocycles. The van der Waals surface area contributed by atoms with Gasteiger partial charge in [-0.1, -0.05) is 13.0 Å². The lowest BCUT2D eigenvalue weighted by Gasteiger charge is -2.18. The molecule has 1 unspecified atom stereocenters. The van der Waals surface area contributed by atoms with Crippen molar-refractivity contribution in [3.8, 4) is 5.75 Å². The molecule has 0 bridgehead atoms. The van der Waals surface area contributed by atoms with Crippen molar-refractivity contribution in [3.05, 3.63) is 40.3 Å². The van der Waals surface area contributed by atoms with E-state index in [4.69, 9.17) is 9.84 Å². The third-order valence-electron chi connectivity index (χ3n) is 5.11. The van der Waals surface area contributed by atoms with Gasteiger partial charge in [0.15, 0.2) is 0 Å². The highest BCUT2D eigenvalue weighted by molar-refractivity contribution is 7.17. The summed E-state index contributed by atoms with van der Waals surface area (Å²) in [6.45, 7) is 2.18. The van der Waals surface area contributed by atoms with Gasteiger partial charge in [0.2, 0.25) is 5.91 Å². The number of fused-ring (bicyclic) bond motifs is 1. The fraction of sp³-hybridized carbons (Fsp3) is 0.409. The largest absolute Gasteiger partial charge is 0.497 e. The van der Waals surface area contributed by atoms with Crippen molar-refractivity contribution in [2.45, 2.75) is 45.4 Å². The van der Waals surface area contributed by atoms with Crippen LogP contribution in [-0.2, 0) is 22.4 Å². The van der Waals surface area contributed by atoms with Gasteiger partial charge in [0.05, 0.1) is 12.7 Å². The summed E-state index contributed by atoms with van der Waals surface area (Å²) in [5.41, 5.74) is 2.12. The summed E-state index contributed by atoms with van der Waals surface area (Å²) in [5.74, 6) is -0.304. The summed E-state index contributed by atoms with van der Waals surface area (Å²) in [6, 6.07) is 7.12. The van der Waals surface area contributed by atoms with E-state index in [0.29, 0.717) is 27.9 Å². The summed E-state index contributed by atoms with van der Waals surface area (Å²) in [4.78, 5) is 37.3. The first-order chi connectivity index (χ1) is 14.4. The minimum absolute atomic E-state index is 0.0605. The maximum Gasteiger partial charge on any atom is 0.303 e. The Morgan fingerprint density at radius 1 is 1.23 bits per heavy atom. The maximum atomic E-state index is 13.2. The van der Waals surface area contributed by atoms with Gasteiger partial charge in [0, 0.05) is 29.5 Å². The van der Waals surface area contributed by atoms with Crippen LogP contribution in [0.2, 0.25) is 0 Å². The Bertz CT molecular complexity index is 953. The van der Waals surface area contributed by atoms with Gasteiger partial charge in [-0.2, -0.15) is 0 Å². The van der Waals surface area contributed by atoms with E-state index in [1.807, 2.05) is 0 Å². The number of benzene rings is 1. The molecule has 1 atom stereocenters. The quantitative estimate of drug-likeness (QED) is 0.578. The molecule has 160 valence electrons. The van der Waals surface area contributed by atoms with Crippen LogP contribution in [0.5, 0.6) is 5.75 Å². The van der Waals surface area contributed by atoms with Crippen LogP contribution >= 0.6 is 11.3 Å². The number of hydrogen-bond acceptors (Lipinski definition) is 5. The fourth-order valence-corrected chi connectivity index (χ4v) is 4.99. The number of thiophene rings is 1. The zero-order valence-corrected chi connectivity index (χ0v) is 17.9. The molecule has 0 radical (unpaired) electrons. The molecule has 1 heterocycles. The molecule has 1 aromatic heterocycles. The number of carbonyl (C=O) groups is 3. The van der Waals surface area contributed by atoms with E-state index < -0.39 is 5.97 Å². The standard InChI is InChI=1S/C22H26N2O5S/c1-13-9-10-16-17(11-13)30-22(24-18(25)7-4-8-19(26)27)20(16)21(28)23-14-5-3-6-15(12-14)29-2/h3,5-6,12-13H,4,7-11H2,1-2H3,(H,23,28)(H,24,25)(H,26,27). The van der Waals surface area contributed by atoms with Crippen molar-refractivity contribution in [1.82, 2.24) is 0 Å². The molecular formula is C22H26N2O5S. The number of carboxylic acids is 1. The molecule has 0 saturated heterocycles. The predicted molar refractivity (Wildman–Crippen MR) is 117 cm³/mol. The zero-order valence-electron chi connectivity index (χ0n) is 17.1. The lowest BCUT2D eigenvalue weighted by atomic mass is 9.88. The van der Waals surface area contributed by atoms with E-state index in [-0.39, 0.29) is 31.1 Å². The number of nitrogens with one attached hydrogen (secondary N) is 2. The molecule has 2 amide bonds. The molecule has 1 aliphatic rings. The second-order valence-corrected chi connectivity index (χ2v) is 8.64. The third-order valence-corrected chi connectivity index (χ3v) is 6.28. The van der Waals surface area contributed by atoms with E-state index in [2.05, 4.69) is 17.6 Å². The molecule has 7 nitrogen and oxygen atoms in total. The normalized spacial score (nSPS) is 15.2. The minimum atomic E-state index is -0.929. The van der Waals surface area contributed by atoms with E-state index in [9.17, 15) is 14.4 Å². The van der Waals surface area contributed by atoms with Crippen LogP contribution < -0.4 is 15.4 Å². The van der Waals surface area contributed by atoms with Crippen LogP contribution in [0.15, 0.2) is 24.3 Å². The number of rotatable bonds is 8. The fourth-order valence-electron chi connectivity index (χ4n) is 3.56. The summed E-state index contributed by atoms with van der Waals surface area (Å²) >= 11 is 1.45. The number of methoxy groups -OCH3 is 1. The van der Waals surface area contributed by atoms with Crippen LogP contribution in [0.25, 0.3) is 0 Å². The van der Waals surface area contributed by atoms with E-state index in [0.717, 1.165) is 29.7 Å². The Kier molecular flexibility index (Phi) is 7.10. The number of carboxylic acid groups (broad SMARTS) is 1. The van der Waals surface area contributed by atoms with Gasteiger partial charge in [-0.05, 0) is 49.3 Å². The second-order valence-electron chi connectivity index (χ2n) is 7.54. The second kappa shape index (κ2) is 9.75. The SMILES string of the molecule is COc1cccc(NC(=O)c2c(NC(=O)CCCC(=O)O)sc3c2CCC(C)C3)c1. The van der Waals surface area contributed by atoms with Gasteiger partial charge in [-0.3, -0.25) is 14.4 Å². The van der Waals surface area contributed by atoms with Gasteiger partial charge < -0.3 is 20.5 Å². The third kappa shape index (κ3) is 5.38. The summed E-state index contributed by atoms with van der Waals surface area (Å²) in [5, 5.41) is 15.0. The number of anilines is 2. The minimum Gasteiger partial charge on any atom is -0.497 e. The molecule has 30 heavy (non-hydrogen) atoms. The van der Waals surface area contributed by atoms with Gasteiger partial charge in [-0.15, -0.1) is 11.3 Å². The molecular weight excluding hydrogens is 404 g/mol. The number of carbonyl (C=O) groups excluding carboxylic acids is 2. The van der Waals surface area contributed by atoms with Gasteiger partial charge in [-0.25, -0.2) is 0 Å². The first kappa shape index (κ1) is 21.8. The molecule has 1 aliphatic carbocycles. The van der Waals surface area contributed by atoms with Crippen LogP contribution in [-0.4, -0.2) is 30.0 Å². The molecule has 3 rings (SSSR count). The van der Waals surface area contributed by atoms with Crippen LogP contribution in [0.4, 0.5) is 10.7 Å². The highest BCUT2D eigenvalue weighted by atomic mass is 32.1. The van der Waals surface area contributed by atoms with Crippen LogP contribution in [0.3, 0.4) is 0 Å². The number of amides is 2. The predicted octanol–water partition coefficient (Wildman–Crippen LogP) is 4.33. The molecule has 0 spiro atoms. The number of hydrogen-bond donors (Lipinski definition) is 3. The lowest BCUT2D eigenvalue weighted by Crippen LogP contribution is -2.19. The Labute approximate surface area is 179 Å². The average Bonchev–Trinajstić information content (AvgIpc) is 3.04. The summed E-state index contributed by atoms with van der Waals surface area (Å²) < 4.78 is 5.21. The summed E-state index contributed by atoms with van der Waals surface area (Å²) in [6.07, 6.45) is 2.97. The van der Waals surface area contributed by atoms with Gasteiger partial charge >= 0.3 is 5.97 Å². The monoisotopic (exact) mass is 430 g/mol. The average molecular weight is 431 g/mol. The maximum absolute atomic E-state index is 13.2. The van der Waals surface area contributed by atoms with Crippen molar-refractivity contribution in [1.29, 1.82) is 0 Å². The highest BCUT2D eigenvalue weighted by Crippen LogP contribution is 2.40. The number of ether oxygens (including phenoxy) is 1. The highest BCUT2D eigenvalue weighted by Gasteiger charge is 2.28. The van der Waals surface area contributed by atoms with Crippen molar-refractivity contribution < 1.29 is 24.2 Å².